The van der Waals surface area contributed by atoms with Crippen molar-refractivity contribution >= 4 is 68.3 Å². The van der Waals surface area contributed by atoms with Crippen LogP contribution in [0.15, 0.2) is 53.6 Å². The topological polar surface area (TPSA) is 96.6 Å². The molecular weight excluding hydrogens is 443 g/mol. The summed E-state index contributed by atoms with van der Waals surface area (Å²) >= 11 is 13.0. The lowest BCUT2D eigenvalue weighted by Crippen LogP contribution is -2.24. The molecule has 0 saturated heterocycles. The van der Waals surface area contributed by atoms with Crippen molar-refractivity contribution < 1.29 is 9.59 Å². The van der Waals surface area contributed by atoms with Crippen LogP contribution in [0.2, 0.25) is 10.0 Å². The number of carbonyl (C=O) groups excluding carboxylic acids is 2. The van der Waals surface area contributed by atoms with Gasteiger partial charge in [0.05, 0.1) is 21.1 Å². The highest BCUT2D eigenvalue weighted by atomic mass is 35.5. The van der Waals surface area contributed by atoms with E-state index in [1.165, 1.54) is 11.3 Å². The third-order valence-electron chi connectivity index (χ3n) is 4.59. The maximum atomic E-state index is 12.9. The van der Waals surface area contributed by atoms with E-state index in [0.29, 0.717) is 43.3 Å². The van der Waals surface area contributed by atoms with Crippen LogP contribution < -0.4 is 16.5 Å². The number of anilines is 3. The van der Waals surface area contributed by atoms with Crippen molar-refractivity contribution in [3.05, 3.63) is 74.6 Å². The number of hydrogen-bond acceptors (Lipinski definition) is 6. The number of hydrogen-bond donors (Lipinski definition) is 3. The molecule has 0 fully saturated rings. The van der Waals surface area contributed by atoms with Gasteiger partial charge in [-0.15, -0.1) is 11.3 Å². The number of nitrogens with zero attached hydrogens (tertiary/aromatic N) is 1. The second-order valence-electron chi connectivity index (χ2n) is 6.61. The lowest BCUT2D eigenvalue weighted by molar-refractivity contribution is -0.113. The average molecular weight is 459 g/mol. The number of carbonyl (C=O) groups is 2. The Morgan fingerprint density at radius 2 is 1.57 bits per heavy atom. The van der Waals surface area contributed by atoms with E-state index in [2.05, 4.69) is 15.8 Å². The molecule has 1 heterocycles. The smallest absolute Gasteiger partial charge is 0.258 e. The Balaban J connectivity index is 1.63. The number of thiophene rings is 1. The molecule has 4 N–H and O–H groups in total. The van der Waals surface area contributed by atoms with Crippen molar-refractivity contribution in [2.75, 3.05) is 16.5 Å². The second-order valence-corrected chi connectivity index (χ2v) is 8.54. The molecule has 2 aromatic carbocycles. The van der Waals surface area contributed by atoms with Gasteiger partial charge in [-0.1, -0.05) is 23.2 Å². The highest BCUT2D eigenvalue weighted by Crippen LogP contribution is 2.36. The number of amides is 1. The molecule has 0 aliphatic heterocycles. The van der Waals surface area contributed by atoms with E-state index in [-0.39, 0.29) is 23.8 Å². The van der Waals surface area contributed by atoms with Gasteiger partial charge in [-0.05, 0) is 60.5 Å². The number of halogens is 2. The van der Waals surface area contributed by atoms with E-state index in [4.69, 9.17) is 28.9 Å². The molecule has 1 aliphatic rings. The number of hydrazone groups is 1. The van der Waals surface area contributed by atoms with Crippen LogP contribution in [0.3, 0.4) is 0 Å². The van der Waals surface area contributed by atoms with Gasteiger partial charge in [0.25, 0.3) is 5.91 Å². The number of benzene rings is 2. The predicted molar refractivity (Wildman–Crippen MR) is 123 cm³/mol. The van der Waals surface area contributed by atoms with Gasteiger partial charge in [-0.3, -0.25) is 15.0 Å². The zero-order valence-corrected chi connectivity index (χ0v) is 17.9. The van der Waals surface area contributed by atoms with Gasteiger partial charge < -0.3 is 11.1 Å². The van der Waals surface area contributed by atoms with Crippen LogP contribution in [0.1, 0.15) is 27.2 Å². The van der Waals surface area contributed by atoms with Crippen LogP contribution in [-0.4, -0.2) is 17.4 Å². The summed E-state index contributed by atoms with van der Waals surface area (Å²) < 4.78 is 0. The molecule has 4 rings (SSSR count). The van der Waals surface area contributed by atoms with Gasteiger partial charge in [0.2, 0.25) is 0 Å². The quantitative estimate of drug-likeness (QED) is 0.466. The molecule has 9 heteroatoms. The van der Waals surface area contributed by atoms with Crippen LogP contribution in [0.5, 0.6) is 0 Å². The van der Waals surface area contributed by atoms with Gasteiger partial charge >= 0.3 is 0 Å². The first-order valence-corrected chi connectivity index (χ1v) is 10.6. The Morgan fingerprint density at radius 3 is 2.20 bits per heavy atom. The summed E-state index contributed by atoms with van der Waals surface area (Å²) in [5.41, 5.74) is 11.7. The van der Waals surface area contributed by atoms with Gasteiger partial charge in [0, 0.05) is 22.2 Å². The monoisotopic (exact) mass is 458 g/mol. The van der Waals surface area contributed by atoms with E-state index in [1.54, 1.807) is 48.5 Å². The lowest BCUT2D eigenvalue weighted by Gasteiger charge is -2.15. The maximum Gasteiger partial charge on any atom is 0.258 e. The molecule has 3 aromatic rings. The Bertz CT molecular complexity index is 1150. The summed E-state index contributed by atoms with van der Waals surface area (Å²) in [4.78, 5) is 26.0. The van der Waals surface area contributed by atoms with Crippen LogP contribution in [0.25, 0.3) is 0 Å². The van der Waals surface area contributed by atoms with E-state index >= 15 is 0 Å². The molecule has 1 aromatic heterocycles. The van der Waals surface area contributed by atoms with Crippen LogP contribution >= 0.6 is 34.5 Å². The van der Waals surface area contributed by atoms with Crippen LogP contribution in [0, 0.1) is 0 Å². The zero-order valence-electron chi connectivity index (χ0n) is 15.5. The van der Waals surface area contributed by atoms with Crippen molar-refractivity contribution in [3.8, 4) is 0 Å². The van der Waals surface area contributed by atoms with Crippen molar-refractivity contribution in [3.63, 3.8) is 0 Å². The van der Waals surface area contributed by atoms with Crippen molar-refractivity contribution in [2.45, 2.75) is 12.8 Å². The largest absolute Gasteiger partial charge is 0.390 e. The minimum atomic E-state index is -0.327. The zero-order chi connectivity index (χ0) is 21.3. The third-order valence-corrected chi connectivity index (χ3v) is 6.16. The summed E-state index contributed by atoms with van der Waals surface area (Å²) in [5, 5.41) is 8.65. The first kappa shape index (κ1) is 20.4. The molecule has 0 saturated carbocycles. The van der Waals surface area contributed by atoms with E-state index in [0.717, 1.165) is 5.56 Å². The summed E-state index contributed by atoms with van der Waals surface area (Å²) in [6.45, 7) is 0. The minimum absolute atomic E-state index is 0.102. The molecule has 0 unspecified atom stereocenters. The fourth-order valence-corrected chi connectivity index (χ4v) is 4.51. The fraction of sp³-hybridized carbons (Fsp3) is 0.0952. The summed E-state index contributed by atoms with van der Waals surface area (Å²) in [5.74, 6) is -0.429. The second kappa shape index (κ2) is 8.47. The number of fused-ring (bicyclic) bond motifs is 1. The Morgan fingerprint density at radius 1 is 0.967 bits per heavy atom. The molecule has 0 radical (unpaired) electrons. The number of Topliss-reactive ketones (excluding diaryl/α,β-unsaturated/α-hetero) is 1. The number of rotatable bonds is 4. The van der Waals surface area contributed by atoms with E-state index in [1.807, 2.05) is 0 Å². The normalized spacial score (nSPS) is 14.5. The van der Waals surface area contributed by atoms with E-state index in [9.17, 15) is 9.59 Å². The lowest BCUT2D eigenvalue weighted by atomic mass is 9.93. The first-order chi connectivity index (χ1) is 14.4. The van der Waals surface area contributed by atoms with Gasteiger partial charge in [-0.25, -0.2) is 0 Å². The van der Waals surface area contributed by atoms with E-state index < -0.39 is 0 Å². The fourth-order valence-electron chi connectivity index (χ4n) is 3.13. The molecule has 0 spiro atoms. The predicted octanol–water partition coefficient (Wildman–Crippen LogP) is 5.22. The molecule has 30 heavy (non-hydrogen) atoms. The number of ketones is 1. The summed E-state index contributed by atoms with van der Waals surface area (Å²) in [6, 6.07) is 13.8. The summed E-state index contributed by atoms with van der Waals surface area (Å²) in [6.07, 6.45) is 0.691. The highest BCUT2D eigenvalue weighted by Gasteiger charge is 2.32. The first-order valence-electron chi connectivity index (χ1n) is 9.03. The van der Waals surface area contributed by atoms with Crippen molar-refractivity contribution in [1.82, 2.24) is 0 Å². The third kappa shape index (κ3) is 4.18. The molecular formula is C21H16Cl2N4O2S. The van der Waals surface area contributed by atoms with Gasteiger partial charge in [-0.2, -0.15) is 5.10 Å². The van der Waals surface area contributed by atoms with Crippen LogP contribution in [-0.2, 0) is 11.2 Å². The average Bonchev–Trinajstić information content (AvgIpc) is 3.06. The van der Waals surface area contributed by atoms with Crippen molar-refractivity contribution in [1.29, 1.82) is 0 Å². The number of nitrogens with two attached hydrogens (primary N) is 1. The van der Waals surface area contributed by atoms with Crippen molar-refractivity contribution in [2.24, 2.45) is 5.10 Å². The van der Waals surface area contributed by atoms with Gasteiger partial charge in [0.15, 0.2) is 5.78 Å². The molecule has 1 amide bonds. The number of nitrogens with one attached hydrogen (secondary N) is 2. The molecule has 0 bridgehead atoms. The van der Waals surface area contributed by atoms with Crippen LogP contribution in [0.4, 0.5) is 16.4 Å². The summed E-state index contributed by atoms with van der Waals surface area (Å²) in [7, 11) is 0. The Hall–Kier alpha value is -2.87. The molecule has 6 nitrogen and oxygen atoms in total. The number of nitrogen functional groups attached to an aromatic ring is 1. The molecule has 152 valence electrons. The molecule has 1 aliphatic carbocycles. The minimum Gasteiger partial charge on any atom is -0.390 e. The maximum absolute atomic E-state index is 12.9. The van der Waals surface area contributed by atoms with Gasteiger partial charge in [0.1, 0.15) is 5.71 Å². The standard InChI is InChI=1S/C21H16Cl2N4O2S/c22-11-1-5-13(6-2-11)25-21(29)17-15-9-10-16(28)18(19(15)30-20(17)24)27-26-14-7-3-12(23)4-8-14/h1-8,26H,9-10,24H2,(H,25,29). The highest BCUT2D eigenvalue weighted by molar-refractivity contribution is 7.19. The SMILES string of the molecule is Nc1sc2c(c1C(=O)Nc1ccc(Cl)cc1)CCC(=O)C2=NNc1ccc(Cl)cc1. The Kier molecular flexibility index (Phi) is 5.76. The Labute approximate surface area is 186 Å². The molecule has 0 atom stereocenters.